The highest BCUT2D eigenvalue weighted by Gasteiger charge is 2.22. The van der Waals surface area contributed by atoms with E-state index in [1.165, 1.54) is 0 Å². The van der Waals surface area contributed by atoms with E-state index in [1.807, 2.05) is 13.8 Å². The predicted octanol–water partition coefficient (Wildman–Crippen LogP) is 3.20. The van der Waals surface area contributed by atoms with E-state index in [0.29, 0.717) is 28.2 Å². The van der Waals surface area contributed by atoms with E-state index >= 15 is 0 Å². The van der Waals surface area contributed by atoms with Gasteiger partial charge in [-0.05, 0) is 18.4 Å². The van der Waals surface area contributed by atoms with Crippen LogP contribution in [0.2, 0.25) is 0 Å². The number of carbonyl (C=O) groups excluding carboxylic acids is 1. The number of aldehydes is 1. The average Bonchev–Trinajstić information content (AvgIpc) is 2.36. The van der Waals surface area contributed by atoms with E-state index in [1.54, 1.807) is 19.1 Å². The molecule has 0 spiro atoms. The second-order valence-corrected chi connectivity index (χ2v) is 4.95. The van der Waals surface area contributed by atoms with E-state index < -0.39 is 5.75 Å². The summed E-state index contributed by atoms with van der Waals surface area (Å²) in [5.74, 6) is -0.860. The molecule has 0 atom stereocenters. The van der Waals surface area contributed by atoms with Crippen molar-refractivity contribution in [1.29, 1.82) is 0 Å². The van der Waals surface area contributed by atoms with Crippen LogP contribution in [0.5, 0.6) is 17.2 Å². The lowest BCUT2D eigenvalue weighted by Crippen LogP contribution is -1.97. The van der Waals surface area contributed by atoms with Crippen LogP contribution in [0.25, 0.3) is 10.8 Å². The summed E-state index contributed by atoms with van der Waals surface area (Å²) in [7, 11) is 0. The van der Waals surface area contributed by atoms with Gasteiger partial charge in [-0.25, -0.2) is 0 Å². The summed E-state index contributed by atoms with van der Waals surface area (Å²) in [4.78, 5) is 11.1. The van der Waals surface area contributed by atoms with E-state index in [0.717, 1.165) is 0 Å². The van der Waals surface area contributed by atoms with Crippen molar-refractivity contribution < 1.29 is 20.1 Å². The fourth-order valence-corrected chi connectivity index (χ4v) is 2.37. The molecule has 0 heterocycles. The Morgan fingerprint density at radius 3 is 2.21 bits per heavy atom. The van der Waals surface area contributed by atoms with Crippen molar-refractivity contribution in [2.45, 2.75) is 26.7 Å². The Labute approximate surface area is 110 Å². The standard InChI is InChI=1S/C15H16O4/c1-7(2)11-12-9(5-4-8(3)13(12)17)10(6-16)14(18)15(11)19/h4-7,17-19H,1-3H3. The Bertz CT molecular complexity index is 672. The SMILES string of the molecule is Cc1ccc2c(C=O)c(O)c(O)c(C(C)C)c2c1O. The maximum absolute atomic E-state index is 11.1. The highest BCUT2D eigenvalue weighted by Crippen LogP contribution is 2.46. The zero-order chi connectivity index (χ0) is 14.3. The third kappa shape index (κ3) is 1.80. The highest BCUT2D eigenvalue weighted by atomic mass is 16.3. The van der Waals surface area contributed by atoms with Crippen LogP contribution in [-0.4, -0.2) is 21.6 Å². The molecule has 0 bridgehead atoms. The first-order valence-electron chi connectivity index (χ1n) is 6.05. The van der Waals surface area contributed by atoms with Gasteiger partial charge < -0.3 is 15.3 Å². The lowest BCUT2D eigenvalue weighted by molar-refractivity contribution is 0.112. The van der Waals surface area contributed by atoms with Crippen LogP contribution < -0.4 is 0 Å². The largest absolute Gasteiger partial charge is 0.507 e. The minimum absolute atomic E-state index is 0.00722. The van der Waals surface area contributed by atoms with E-state index in [9.17, 15) is 20.1 Å². The number of rotatable bonds is 2. The van der Waals surface area contributed by atoms with Crippen molar-refractivity contribution in [1.82, 2.24) is 0 Å². The van der Waals surface area contributed by atoms with E-state index in [-0.39, 0.29) is 23.0 Å². The summed E-state index contributed by atoms with van der Waals surface area (Å²) >= 11 is 0. The van der Waals surface area contributed by atoms with Gasteiger partial charge >= 0.3 is 0 Å². The molecule has 100 valence electrons. The number of phenolic OH excluding ortho intramolecular Hbond substituents is 3. The Hall–Kier alpha value is -2.23. The molecule has 19 heavy (non-hydrogen) atoms. The topological polar surface area (TPSA) is 77.8 Å². The minimum Gasteiger partial charge on any atom is -0.507 e. The van der Waals surface area contributed by atoms with Gasteiger partial charge in [0.15, 0.2) is 17.8 Å². The molecule has 0 amide bonds. The van der Waals surface area contributed by atoms with Crippen LogP contribution in [0.1, 0.15) is 41.3 Å². The van der Waals surface area contributed by atoms with Crippen LogP contribution in [0.15, 0.2) is 12.1 Å². The third-order valence-electron chi connectivity index (χ3n) is 3.37. The summed E-state index contributed by atoms with van der Waals surface area (Å²) in [6.07, 6.45) is 0.482. The zero-order valence-electron chi connectivity index (χ0n) is 11.1. The monoisotopic (exact) mass is 260 g/mol. The van der Waals surface area contributed by atoms with Crippen molar-refractivity contribution in [3.05, 3.63) is 28.8 Å². The smallest absolute Gasteiger partial charge is 0.169 e. The molecule has 0 fully saturated rings. The summed E-state index contributed by atoms with van der Waals surface area (Å²) in [5.41, 5.74) is 1.09. The lowest BCUT2D eigenvalue weighted by atomic mass is 9.90. The number of phenols is 3. The van der Waals surface area contributed by atoms with Gasteiger partial charge in [0.05, 0.1) is 5.56 Å². The molecule has 0 aliphatic carbocycles. The highest BCUT2D eigenvalue weighted by molar-refractivity contribution is 6.07. The first-order valence-corrected chi connectivity index (χ1v) is 6.05. The molecule has 0 aliphatic rings. The number of fused-ring (bicyclic) bond motifs is 1. The van der Waals surface area contributed by atoms with Gasteiger partial charge in [-0.15, -0.1) is 0 Å². The van der Waals surface area contributed by atoms with Gasteiger partial charge in [0, 0.05) is 16.3 Å². The maximum atomic E-state index is 11.1. The van der Waals surface area contributed by atoms with E-state index in [2.05, 4.69) is 0 Å². The summed E-state index contributed by atoms with van der Waals surface area (Å²) < 4.78 is 0. The summed E-state index contributed by atoms with van der Waals surface area (Å²) in [6.45, 7) is 5.43. The Balaban J connectivity index is 3.13. The molecule has 0 radical (unpaired) electrons. The predicted molar refractivity (Wildman–Crippen MR) is 73.2 cm³/mol. The van der Waals surface area contributed by atoms with E-state index in [4.69, 9.17) is 0 Å². The van der Waals surface area contributed by atoms with Gasteiger partial charge in [-0.1, -0.05) is 26.0 Å². The zero-order valence-corrected chi connectivity index (χ0v) is 11.1. The lowest BCUT2D eigenvalue weighted by Gasteiger charge is -2.17. The maximum Gasteiger partial charge on any atom is 0.169 e. The summed E-state index contributed by atoms with van der Waals surface area (Å²) in [6, 6.07) is 3.34. The Morgan fingerprint density at radius 2 is 1.68 bits per heavy atom. The number of aromatic hydroxyl groups is 3. The molecular formula is C15H16O4. The van der Waals surface area contributed by atoms with Gasteiger partial charge in [-0.2, -0.15) is 0 Å². The molecule has 0 saturated heterocycles. The number of carbonyl (C=O) groups is 1. The van der Waals surface area contributed by atoms with Gasteiger partial charge in [0.25, 0.3) is 0 Å². The molecule has 2 aromatic carbocycles. The molecule has 4 heteroatoms. The Kier molecular flexibility index (Phi) is 3.10. The number of hydrogen-bond donors (Lipinski definition) is 3. The van der Waals surface area contributed by atoms with Crippen LogP contribution in [-0.2, 0) is 0 Å². The van der Waals surface area contributed by atoms with Crippen LogP contribution >= 0.6 is 0 Å². The van der Waals surface area contributed by atoms with Gasteiger partial charge in [0.2, 0.25) is 0 Å². The molecule has 0 aliphatic heterocycles. The fourth-order valence-electron chi connectivity index (χ4n) is 2.37. The molecule has 0 saturated carbocycles. The number of benzene rings is 2. The molecule has 0 unspecified atom stereocenters. The van der Waals surface area contributed by atoms with Crippen LogP contribution in [0, 0.1) is 6.92 Å². The molecule has 4 nitrogen and oxygen atoms in total. The summed E-state index contributed by atoms with van der Waals surface area (Å²) in [5, 5.41) is 31.1. The normalized spacial score (nSPS) is 11.2. The van der Waals surface area contributed by atoms with Gasteiger partial charge in [-0.3, -0.25) is 4.79 Å². The van der Waals surface area contributed by atoms with Gasteiger partial charge in [0.1, 0.15) is 5.75 Å². The fraction of sp³-hybridized carbons (Fsp3) is 0.267. The average molecular weight is 260 g/mol. The number of aryl methyl sites for hydroxylation is 1. The number of hydrogen-bond acceptors (Lipinski definition) is 4. The van der Waals surface area contributed by atoms with Crippen molar-refractivity contribution in [2.75, 3.05) is 0 Å². The van der Waals surface area contributed by atoms with Crippen molar-refractivity contribution in [2.24, 2.45) is 0 Å². The minimum atomic E-state index is -0.436. The quantitative estimate of drug-likeness (QED) is 0.572. The van der Waals surface area contributed by atoms with Crippen LogP contribution in [0.3, 0.4) is 0 Å². The molecule has 2 rings (SSSR count). The molecule has 0 aromatic heterocycles. The first kappa shape index (κ1) is 13.2. The molecule has 3 N–H and O–H groups in total. The van der Waals surface area contributed by atoms with Crippen molar-refractivity contribution in [3.63, 3.8) is 0 Å². The van der Waals surface area contributed by atoms with Crippen molar-refractivity contribution >= 4 is 17.1 Å². The van der Waals surface area contributed by atoms with Crippen molar-refractivity contribution in [3.8, 4) is 17.2 Å². The second kappa shape index (κ2) is 4.46. The second-order valence-electron chi connectivity index (χ2n) is 4.95. The molecule has 2 aromatic rings. The first-order chi connectivity index (χ1) is 8.90. The molecular weight excluding hydrogens is 244 g/mol. The Morgan fingerprint density at radius 1 is 1.05 bits per heavy atom. The van der Waals surface area contributed by atoms with Crippen LogP contribution in [0.4, 0.5) is 0 Å². The third-order valence-corrected chi connectivity index (χ3v) is 3.37.